The van der Waals surface area contributed by atoms with Crippen molar-refractivity contribution in [2.45, 2.75) is 31.0 Å². The molecule has 2 atom stereocenters. The summed E-state index contributed by atoms with van der Waals surface area (Å²) < 4.78 is 0. The van der Waals surface area contributed by atoms with Crippen LogP contribution in [-0.2, 0) is 0 Å². The first-order chi connectivity index (χ1) is 4.77. The van der Waals surface area contributed by atoms with Crippen molar-refractivity contribution in [3.8, 4) is 0 Å². The van der Waals surface area contributed by atoms with Gasteiger partial charge in [0, 0.05) is 12.1 Å². The maximum absolute atomic E-state index is 9.34. The van der Waals surface area contributed by atoms with Gasteiger partial charge in [0.25, 0.3) is 0 Å². The number of nitrogens with zero attached hydrogens (tertiary/aromatic N) is 1. The fraction of sp³-hybridized carbons (Fsp3) is 0.750. The Kier molecular flexibility index (Phi) is 1.32. The van der Waals surface area contributed by atoms with Crippen LogP contribution in [0.2, 0.25) is 0 Å². The molecule has 1 fully saturated rings. The zero-order valence-electron chi connectivity index (χ0n) is 6.20. The van der Waals surface area contributed by atoms with Gasteiger partial charge in [-0.3, -0.25) is 4.90 Å². The number of likely N-dealkylation sites (N-methyl/N-ethyl adjacent to an activating group) is 1. The van der Waals surface area contributed by atoms with Gasteiger partial charge in [-0.2, -0.15) is 0 Å². The van der Waals surface area contributed by atoms with E-state index in [0.29, 0.717) is 12.1 Å². The predicted molar refractivity (Wildman–Crippen MR) is 39.7 cm³/mol. The van der Waals surface area contributed by atoms with Gasteiger partial charge >= 0.3 is 0 Å². The van der Waals surface area contributed by atoms with Crippen LogP contribution in [0.15, 0.2) is 12.2 Å². The first kappa shape index (κ1) is 6.38. The average molecular weight is 139 g/mol. The van der Waals surface area contributed by atoms with Gasteiger partial charge in [0.2, 0.25) is 0 Å². The monoisotopic (exact) mass is 139 g/mol. The third kappa shape index (κ3) is 0.796. The topological polar surface area (TPSA) is 23.5 Å². The molecule has 0 spiro atoms. The molecular formula is C8H13NO. The fourth-order valence-electron chi connectivity index (χ4n) is 1.92. The zero-order valence-corrected chi connectivity index (χ0v) is 6.20. The predicted octanol–water partition coefficient (Wildman–Crippen LogP) is 0.380. The molecule has 0 radical (unpaired) electrons. The van der Waals surface area contributed by atoms with Crippen molar-refractivity contribution in [1.82, 2.24) is 4.90 Å². The van der Waals surface area contributed by atoms with Gasteiger partial charge in [0.05, 0.1) is 6.10 Å². The lowest BCUT2D eigenvalue weighted by atomic mass is 10.00. The first-order valence-electron chi connectivity index (χ1n) is 3.85. The molecule has 2 aliphatic heterocycles. The molecule has 2 rings (SSSR count). The fourth-order valence-corrected chi connectivity index (χ4v) is 1.92. The van der Waals surface area contributed by atoms with Crippen molar-refractivity contribution >= 4 is 0 Å². The van der Waals surface area contributed by atoms with Crippen LogP contribution in [0.1, 0.15) is 12.8 Å². The van der Waals surface area contributed by atoms with Crippen molar-refractivity contribution in [3.05, 3.63) is 12.2 Å². The number of aliphatic hydroxyl groups excluding tert-OH is 1. The maximum atomic E-state index is 9.34. The summed E-state index contributed by atoms with van der Waals surface area (Å²) in [7, 11) is 2.13. The first-order valence-corrected chi connectivity index (χ1v) is 3.85. The third-order valence-electron chi connectivity index (χ3n) is 2.63. The SMILES string of the molecule is CN1[C@@H]2C=C[C@@H]1CC(O)C2. The number of aliphatic hydroxyl groups is 1. The summed E-state index contributed by atoms with van der Waals surface area (Å²) in [6.45, 7) is 0. The summed E-state index contributed by atoms with van der Waals surface area (Å²) in [5, 5.41) is 9.34. The molecule has 10 heavy (non-hydrogen) atoms. The highest BCUT2D eigenvalue weighted by Crippen LogP contribution is 2.28. The Hall–Kier alpha value is -0.340. The summed E-state index contributed by atoms with van der Waals surface area (Å²) in [6.07, 6.45) is 6.19. The van der Waals surface area contributed by atoms with Gasteiger partial charge in [-0.25, -0.2) is 0 Å². The van der Waals surface area contributed by atoms with E-state index in [4.69, 9.17) is 0 Å². The molecule has 1 saturated heterocycles. The molecule has 0 saturated carbocycles. The highest BCUT2D eigenvalue weighted by molar-refractivity contribution is 5.13. The highest BCUT2D eigenvalue weighted by atomic mass is 16.3. The molecule has 56 valence electrons. The second-order valence-electron chi connectivity index (χ2n) is 3.31. The summed E-state index contributed by atoms with van der Waals surface area (Å²) in [5.74, 6) is 0. The summed E-state index contributed by atoms with van der Waals surface area (Å²) in [5.41, 5.74) is 0. The summed E-state index contributed by atoms with van der Waals surface area (Å²) in [4.78, 5) is 2.33. The van der Waals surface area contributed by atoms with Gasteiger partial charge in [0.1, 0.15) is 0 Å². The van der Waals surface area contributed by atoms with Crippen LogP contribution in [0, 0.1) is 0 Å². The molecule has 1 N–H and O–H groups in total. The number of rotatable bonds is 0. The summed E-state index contributed by atoms with van der Waals surface area (Å²) >= 11 is 0. The third-order valence-corrected chi connectivity index (χ3v) is 2.63. The maximum Gasteiger partial charge on any atom is 0.0576 e. The van der Waals surface area contributed by atoms with Crippen LogP contribution < -0.4 is 0 Å². The molecule has 2 bridgehead atoms. The van der Waals surface area contributed by atoms with E-state index in [1.54, 1.807) is 0 Å². The molecule has 2 nitrogen and oxygen atoms in total. The van der Waals surface area contributed by atoms with E-state index in [2.05, 4.69) is 24.1 Å². The molecule has 2 aliphatic rings. The van der Waals surface area contributed by atoms with Gasteiger partial charge in [-0.05, 0) is 19.9 Å². The number of fused-ring (bicyclic) bond motifs is 2. The molecular weight excluding hydrogens is 126 g/mol. The number of hydrogen-bond donors (Lipinski definition) is 1. The Labute approximate surface area is 61.1 Å². The van der Waals surface area contributed by atoms with E-state index < -0.39 is 0 Å². The average Bonchev–Trinajstić information content (AvgIpc) is 2.20. The van der Waals surface area contributed by atoms with Crippen LogP contribution in [0.25, 0.3) is 0 Å². The quantitative estimate of drug-likeness (QED) is 0.490. The van der Waals surface area contributed by atoms with E-state index in [0.717, 1.165) is 12.8 Å². The van der Waals surface area contributed by atoms with Gasteiger partial charge in [-0.1, -0.05) is 12.2 Å². The summed E-state index contributed by atoms with van der Waals surface area (Å²) in [6, 6.07) is 1.02. The van der Waals surface area contributed by atoms with Crippen LogP contribution in [0.5, 0.6) is 0 Å². The van der Waals surface area contributed by atoms with Gasteiger partial charge < -0.3 is 5.11 Å². The molecule has 0 unspecified atom stereocenters. The Bertz CT molecular complexity index is 151. The van der Waals surface area contributed by atoms with Crippen molar-refractivity contribution in [3.63, 3.8) is 0 Å². The minimum atomic E-state index is -0.0683. The van der Waals surface area contributed by atoms with E-state index in [1.807, 2.05) is 0 Å². The van der Waals surface area contributed by atoms with Crippen molar-refractivity contribution in [2.75, 3.05) is 7.05 Å². The lowest BCUT2D eigenvalue weighted by Crippen LogP contribution is -2.42. The van der Waals surface area contributed by atoms with Gasteiger partial charge in [-0.15, -0.1) is 0 Å². The van der Waals surface area contributed by atoms with Crippen LogP contribution in [-0.4, -0.2) is 35.2 Å². The molecule has 2 heteroatoms. The van der Waals surface area contributed by atoms with Crippen LogP contribution in [0.3, 0.4) is 0 Å². The molecule has 0 aromatic carbocycles. The number of hydrogen-bond acceptors (Lipinski definition) is 2. The molecule has 0 aliphatic carbocycles. The molecule has 0 aromatic rings. The largest absolute Gasteiger partial charge is 0.393 e. The minimum absolute atomic E-state index is 0.0683. The number of piperidine rings is 1. The lowest BCUT2D eigenvalue weighted by Gasteiger charge is -2.34. The van der Waals surface area contributed by atoms with Crippen molar-refractivity contribution < 1.29 is 5.11 Å². The Morgan fingerprint density at radius 2 is 1.80 bits per heavy atom. The Balaban J connectivity index is 2.15. The van der Waals surface area contributed by atoms with Crippen molar-refractivity contribution in [2.24, 2.45) is 0 Å². The Morgan fingerprint density at radius 1 is 1.30 bits per heavy atom. The Morgan fingerprint density at radius 3 is 2.30 bits per heavy atom. The van der Waals surface area contributed by atoms with E-state index in [9.17, 15) is 5.11 Å². The van der Waals surface area contributed by atoms with Crippen LogP contribution in [0.4, 0.5) is 0 Å². The standard InChI is InChI=1S/C8H13NO/c1-9-6-2-3-7(9)5-8(10)4-6/h2-3,6-8,10H,4-5H2,1H3/t6-,7-/m1/s1. The molecule has 0 aromatic heterocycles. The molecule has 0 amide bonds. The second-order valence-corrected chi connectivity index (χ2v) is 3.31. The van der Waals surface area contributed by atoms with E-state index in [-0.39, 0.29) is 6.10 Å². The minimum Gasteiger partial charge on any atom is -0.393 e. The van der Waals surface area contributed by atoms with Crippen molar-refractivity contribution in [1.29, 1.82) is 0 Å². The molecule has 2 heterocycles. The van der Waals surface area contributed by atoms with Crippen LogP contribution >= 0.6 is 0 Å². The zero-order chi connectivity index (χ0) is 7.14. The smallest absolute Gasteiger partial charge is 0.0576 e. The lowest BCUT2D eigenvalue weighted by molar-refractivity contribution is 0.0586. The normalized spacial score (nSPS) is 46.4. The van der Waals surface area contributed by atoms with E-state index in [1.165, 1.54) is 0 Å². The van der Waals surface area contributed by atoms with Gasteiger partial charge in [0.15, 0.2) is 0 Å². The second kappa shape index (κ2) is 2.07. The highest BCUT2D eigenvalue weighted by Gasteiger charge is 2.33. The van der Waals surface area contributed by atoms with E-state index >= 15 is 0 Å².